The van der Waals surface area contributed by atoms with Crippen molar-refractivity contribution in [3.05, 3.63) is 54.1 Å². The van der Waals surface area contributed by atoms with Crippen LogP contribution in [0.4, 0.5) is 10.5 Å². The van der Waals surface area contributed by atoms with Crippen LogP contribution in [0.5, 0.6) is 11.5 Å². The van der Waals surface area contributed by atoms with E-state index in [0.717, 1.165) is 19.3 Å². The van der Waals surface area contributed by atoms with Crippen molar-refractivity contribution in [3.8, 4) is 11.5 Å². The molecule has 0 aromatic heterocycles. The molecule has 3 amide bonds. The molecule has 0 atom stereocenters. The number of benzene rings is 2. The fourth-order valence-electron chi connectivity index (χ4n) is 3.50. The first-order valence-electron chi connectivity index (χ1n) is 9.85. The van der Waals surface area contributed by atoms with E-state index in [4.69, 9.17) is 10.5 Å². The predicted octanol–water partition coefficient (Wildman–Crippen LogP) is 3.78. The molecule has 0 heterocycles. The summed E-state index contributed by atoms with van der Waals surface area (Å²) >= 11 is 0. The molecule has 0 spiro atoms. The molecular formula is C22H27N3O4. The molecule has 29 heavy (non-hydrogen) atoms. The van der Waals surface area contributed by atoms with Gasteiger partial charge in [-0.1, -0.05) is 19.1 Å². The average Bonchev–Trinajstić information content (AvgIpc) is 2.71. The van der Waals surface area contributed by atoms with E-state index in [1.54, 1.807) is 48.5 Å². The maximum atomic E-state index is 12.2. The van der Waals surface area contributed by atoms with Crippen LogP contribution in [-0.4, -0.2) is 28.7 Å². The van der Waals surface area contributed by atoms with Gasteiger partial charge in [0.1, 0.15) is 11.5 Å². The molecule has 0 radical (unpaired) electrons. The Labute approximate surface area is 170 Å². The fourth-order valence-corrected chi connectivity index (χ4v) is 3.50. The molecule has 0 unspecified atom stereocenters. The van der Waals surface area contributed by atoms with Gasteiger partial charge in [-0.05, 0) is 68.5 Å². The molecule has 0 saturated heterocycles. The lowest BCUT2D eigenvalue weighted by atomic mass is 9.80. The van der Waals surface area contributed by atoms with Crippen molar-refractivity contribution in [3.63, 3.8) is 0 Å². The van der Waals surface area contributed by atoms with Gasteiger partial charge in [0.25, 0.3) is 5.91 Å². The van der Waals surface area contributed by atoms with E-state index in [1.165, 1.54) is 0 Å². The molecule has 1 saturated carbocycles. The van der Waals surface area contributed by atoms with Crippen LogP contribution >= 0.6 is 0 Å². The highest BCUT2D eigenvalue weighted by molar-refractivity contribution is 5.95. The minimum Gasteiger partial charge on any atom is -0.457 e. The standard InChI is InChI=1S/C22H27N3O4/c1-2-22(28)13-11-16(12-14-22)25-21(27)24-15-7-9-17(10-8-15)29-19-6-4-3-5-18(19)20(23)26/h3-10,16,28H,2,11-14H2,1H3,(H2,23,26)(H2,24,25,27). The lowest BCUT2D eigenvalue weighted by Crippen LogP contribution is -2.44. The van der Waals surface area contributed by atoms with E-state index in [0.29, 0.717) is 35.6 Å². The summed E-state index contributed by atoms with van der Waals surface area (Å²) in [4.78, 5) is 23.7. The molecule has 1 fully saturated rings. The van der Waals surface area contributed by atoms with Crippen LogP contribution in [0.2, 0.25) is 0 Å². The SMILES string of the molecule is CCC1(O)CCC(NC(=O)Nc2ccc(Oc3ccccc3C(N)=O)cc2)CC1. The first-order valence-corrected chi connectivity index (χ1v) is 9.85. The second-order valence-corrected chi connectivity index (χ2v) is 7.44. The second kappa shape index (κ2) is 8.96. The summed E-state index contributed by atoms with van der Waals surface area (Å²) in [5.41, 5.74) is 5.70. The third-order valence-electron chi connectivity index (χ3n) is 5.40. The number of hydrogen-bond acceptors (Lipinski definition) is 4. The summed E-state index contributed by atoms with van der Waals surface area (Å²) < 4.78 is 5.73. The summed E-state index contributed by atoms with van der Waals surface area (Å²) in [7, 11) is 0. The monoisotopic (exact) mass is 397 g/mol. The number of hydrogen-bond donors (Lipinski definition) is 4. The van der Waals surface area contributed by atoms with Crippen molar-refractivity contribution in [1.82, 2.24) is 5.32 Å². The summed E-state index contributed by atoms with van der Waals surface area (Å²) in [5.74, 6) is 0.342. The van der Waals surface area contributed by atoms with Crippen molar-refractivity contribution in [2.45, 2.75) is 50.7 Å². The Morgan fingerprint density at radius 1 is 1.14 bits per heavy atom. The summed E-state index contributed by atoms with van der Waals surface area (Å²) in [5, 5.41) is 16.0. The summed E-state index contributed by atoms with van der Waals surface area (Å²) in [6.07, 6.45) is 3.68. The number of amides is 3. The number of urea groups is 1. The molecule has 0 bridgehead atoms. The predicted molar refractivity (Wildman–Crippen MR) is 111 cm³/mol. The van der Waals surface area contributed by atoms with Gasteiger partial charge in [0.05, 0.1) is 11.2 Å². The number of carbonyl (C=O) groups excluding carboxylic acids is 2. The smallest absolute Gasteiger partial charge is 0.319 e. The molecule has 3 rings (SSSR count). The van der Waals surface area contributed by atoms with Gasteiger partial charge in [-0.2, -0.15) is 0 Å². The van der Waals surface area contributed by atoms with E-state index in [-0.39, 0.29) is 12.1 Å². The van der Waals surface area contributed by atoms with Gasteiger partial charge in [0, 0.05) is 11.7 Å². The van der Waals surface area contributed by atoms with Crippen LogP contribution in [-0.2, 0) is 0 Å². The zero-order chi connectivity index (χ0) is 20.9. The average molecular weight is 397 g/mol. The van der Waals surface area contributed by atoms with E-state index in [2.05, 4.69) is 10.6 Å². The summed E-state index contributed by atoms with van der Waals surface area (Å²) in [6.45, 7) is 1.99. The third-order valence-corrected chi connectivity index (χ3v) is 5.40. The second-order valence-electron chi connectivity index (χ2n) is 7.44. The molecule has 2 aromatic carbocycles. The topological polar surface area (TPSA) is 114 Å². The van der Waals surface area contributed by atoms with Gasteiger partial charge in [-0.3, -0.25) is 4.79 Å². The molecule has 1 aliphatic carbocycles. The number of nitrogens with two attached hydrogens (primary N) is 1. The number of ether oxygens (including phenoxy) is 1. The van der Waals surface area contributed by atoms with Crippen LogP contribution in [0.25, 0.3) is 0 Å². The van der Waals surface area contributed by atoms with E-state index in [9.17, 15) is 14.7 Å². The maximum Gasteiger partial charge on any atom is 0.319 e. The van der Waals surface area contributed by atoms with Crippen molar-refractivity contribution in [2.75, 3.05) is 5.32 Å². The number of carbonyl (C=O) groups is 2. The largest absolute Gasteiger partial charge is 0.457 e. The highest BCUT2D eigenvalue weighted by atomic mass is 16.5. The van der Waals surface area contributed by atoms with Gasteiger partial charge in [-0.25, -0.2) is 4.79 Å². The number of primary amides is 1. The molecule has 0 aliphatic heterocycles. The van der Waals surface area contributed by atoms with Crippen molar-refractivity contribution < 1.29 is 19.4 Å². The lowest BCUT2D eigenvalue weighted by Gasteiger charge is -2.35. The Morgan fingerprint density at radius 3 is 2.41 bits per heavy atom. The number of nitrogens with one attached hydrogen (secondary N) is 2. The van der Waals surface area contributed by atoms with E-state index >= 15 is 0 Å². The lowest BCUT2D eigenvalue weighted by molar-refractivity contribution is -0.00567. The van der Waals surface area contributed by atoms with Gasteiger partial charge in [0.2, 0.25) is 0 Å². The van der Waals surface area contributed by atoms with Crippen molar-refractivity contribution >= 4 is 17.6 Å². The zero-order valence-electron chi connectivity index (χ0n) is 16.5. The molecular weight excluding hydrogens is 370 g/mol. The number of aliphatic hydroxyl groups is 1. The van der Waals surface area contributed by atoms with Crippen LogP contribution < -0.4 is 21.1 Å². The normalized spacial score (nSPS) is 21.2. The zero-order valence-corrected chi connectivity index (χ0v) is 16.5. The number of anilines is 1. The molecule has 1 aliphatic rings. The van der Waals surface area contributed by atoms with Crippen molar-refractivity contribution in [1.29, 1.82) is 0 Å². The van der Waals surface area contributed by atoms with Crippen LogP contribution in [0, 0.1) is 0 Å². The first kappa shape index (κ1) is 20.7. The van der Waals surface area contributed by atoms with E-state index < -0.39 is 11.5 Å². The Morgan fingerprint density at radius 2 is 1.79 bits per heavy atom. The molecule has 2 aromatic rings. The maximum absolute atomic E-state index is 12.2. The Balaban J connectivity index is 1.53. The van der Waals surface area contributed by atoms with Crippen molar-refractivity contribution in [2.24, 2.45) is 5.73 Å². The van der Waals surface area contributed by atoms with Crippen LogP contribution in [0.15, 0.2) is 48.5 Å². The summed E-state index contributed by atoms with van der Waals surface area (Å²) in [6, 6.07) is 13.4. The molecule has 5 N–H and O–H groups in total. The Hall–Kier alpha value is -3.06. The van der Waals surface area contributed by atoms with Gasteiger partial charge >= 0.3 is 6.03 Å². The Kier molecular flexibility index (Phi) is 6.39. The van der Waals surface area contributed by atoms with Crippen LogP contribution in [0.3, 0.4) is 0 Å². The number of para-hydroxylation sites is 1. The minimum absolute atomic E-state index is 0.0646. The quantitative estimate of drug-likeness (QED) is 0.594. The first-order chi connectivity index (χ1) is 13.9. The van der Waals surface area contributed by atoms with E-state index in [1.807, 2.05) is 6.92 Å². The van der Waals surface area contributed by atoms with Gasteiger partial charge in [0.15, 0.2) is 0 Å². The highest BCUT2D eigenvalue weighted by Gasteiger charge is 2.31. The Bertz CT molecular complexity index is 859. The van der Waals surface area contributed by atoms with Gasteiger partial charge in [-0.15, -0.1) is 0 Å². The third kappa shape index (κ3) is 5.48. The minimum atomic E-state index is -0.586. The molecule has 7 heteroatoms. The fraction of sp³-hybridized carbons (Fsp3) is 0.364. The molecule has 154 valence electrons. The van der Waals surface area contributed by atoms with Gasteiger partial charge < -0.3 is 26.2 Å². The van der Waals surface area contributed by atoms with Crippen LogP contribution in [0.1, 0.15) is 49.4 Å². The molecule has 7 nitrogen and oxygen atoms in total. The number of rotatable bonds is 6. The highest BCUT2D eigenvalue weighted by Crippen LogP contribution is 2.31.